The van der Waals surface area contributed by atoms with E-state index in [4.69, 9.17) is 5.26 Å². The predicted molar refractivity (Wildman–Crippen MR) is 62.7 cm³/mol. The summed E-state index contributed by atoms with van der Waals surface area (Å²) in [7, 11) is 0. The van der Waals surface area contributed by atoms with Crippen LogP contribution in [-0.2, 0) is 0 Å². The standard InChI is InChI=1S/C11H12N4O2/c12-6-8-1-2-9(5-11(8)15(16)17)14-10-3-4-13-7-10/h1-2,5,10,13-14H,3-4,7H2. The smallest absolute Gasteiger partial charge is 0.289 e. The van der Waals surface area contributed by atoms with Gasteiger partial charge in [0.15, 0.2) is 0 Å². The number of nitro groups is 1. The van der Waals surface area contributed by atoms with Crippen LogP contribution in [0.15, 0.2) is 18.2 Å². The highest BCUT2D eigenvalue weighted by Crippen LogP contribution is 2.23. The molecule has 1 saturated heterocycles. The fourth-order valence-electron chi connectivity index (χ4n) is 1.88. The van der Waals surface area contributed by atoms with Gasteiger partial charge >= 0.3 is 0 Å². The largest absolute Gasteiger partial charge is 0.381 e. The molecule has 6 nitrogen and oxygen atoms in total. The molecule has 1 aromatic rings. The summed E-state index contributed by atoms with van der Waals surface area (Å²) in [4.78, 5) is 10.3. The van der Waals surface area contributed by atoms with Crippen molar-refractivity contribution in [3.63, 3.8) is 0 Å². The summed E-state index contributed by atoms with van der Waals surface area (Å²) in [5.41, 5.74) is 0.623. The molecule has 88 valence electrons. The molecule has 1 aliphatic rings. The number of rotatable bonds is 3. The SMILES string of the molecule is N#Cc1ccc(NC2CCNC2)cc1[N+](=O)[O-]. The average molecular weight is 232 g/mol. The highest BCUT2D eigenvalue weighted by molar-refractivity contribution is 5.59. The van der Waals surface area contributed by atoms with Crippen molar-refractivity contribution >= 4 is 11.4 Å². The normalized spacial score (nSPS) is 18.6. The van der Waals surface area contributed by atoms with Gasteiger partial charge in [-0.15, -0.1) is 0 Å². The van der Waals surface area contributed by atoms with Gasteiger partial charge in [0, 0.05) is 24.3 Å². The number of nitro benzene ring substituents is 1. The molecule has 1 aromatic carbocycles. The van der Waals surface area contributed by atoms with Crippen molar-refractivity contribution in [2.75, 3.05) is 18.4 Å². The molecule has 0 amide bonds. The lowest BCUT2D eigenvalue weighted by Gasteiger charge is -2.12. The zero-order chi connectivity index (χ0) is 12.3. The van der Waals surface area contributed by atoms with Gasteiger partial charge in [-0.1, -0.05) is 0 Å². The first-order chi connectivity index (χ1) is 8.20. The van der Waals surface area contributed by atoms with Crippen molar-refractivity contribution in [1.29, 1.82) is 5.26 Å². The molecule has 1 heterocycles. The first-order valence-electron chi connectivity index (χ1n) is 5.36. The summed E-state index contributed by atoms with van der Waals surface area (Å²) >= 11 is 0. The molecule has 1 unspecified atom stereocenters. The molecule has 0 aliphatic carbocycles. The van der Waals surface area contributed by atoms with Gasteiger partial charge in [0.25, 0.3) is 5.69 Å². The number of nitrogens with one attached hydrogen (secondary N) is 2. The van der Waals surface area contributed by atoms with E-state index in [0.29, 0.717) is 11.7 Å². The van der Waals surface area contributed by atoms with Gasteiger partial charge < -0.3 is 10.6 Å². The Labute approximate surface area is 98.4 Å². The highest BCUT2D eigenvalue weighted by atomic mass is 16.6. The van der Waals surface area contributed by atoms with E-state index in [1.165, 1.54) is 12.1 Å². The maximum absolute atomic E-state index is 10.8. The number of anilines is 1. The average Bonchev–Trinajstić information content (AvgIpc) is 2.81. The Bertz CT molecular complexity index is 475. The Hall–Kier alpha value is -2.13. The molecule has 1 aliphatic heterocycles. The van der Waals surface area contributed by atoms with Gasteiger partial charge in [0.2, 0.25) is 0 Å². The second kappa shape index (κ2) is 4.80. The molecule has 17 heavy (non-hydrogen) atoms. The molecule has 2 rings (SSSR count). The summed E-state index contributed by atoms with van der Waals surface area (Å²) in [6, 6.07) is 6.70. The minimum absolute atomic E-state index is 0.0881. The zero-order valence-corrected chi connectivity index (χ0v) is 9.14. The van der Waals surface area contributed by atoms with Crippen LogP contribution in [0, 0.1) is 21.4 Å². The van der Waals surface area contributed by atoms with Gasteiger partial charge in [-0.3, -0.25) is 10.1 Å². The Morgan fingerprint density at radius 2 is 2.41 bits per heavy atom. The number of hydrogen-bond donors (Lipinski definition) is 2. The molecule has 1 fully saturated rings. The van der Waals surface area contributed by atoms with E-state index >= 15 is 0 Å². The minimum Gasteiger partial charge on any atom is -0.381 e. The van der Waals surface area contributed by atoms with Crippen molar-refractivity contribution in [2.24, 2.45) is 0 Å². The first kappa shape index (κ1) is 11.4. The Morgan fingerprint density at radius 3 is 3.00 bits per heavy atom. The fraction of sp³-hybridized carbons (Fsp3) is 0.364. The molecule has 0 radical (unpaired) electrons. The molecular weight excluding hydrogens is 220 g/mol. The molecule has 1 atom stereocenters. The van der Waals surface area contributed by atoms with Gasteiger partial charge in [0.1, 0.15) is 11.6 Å². The second-order valence-corrected chi connectivity index (χ2v) is 3.93. The van der Waals surface area contributed by atoms with Crippen LogP contribution in [0.5, 0.6) is 0 Å². The van der Waals surface area contributed by atoms with E-state index in [1.54, 1.807) is 6.07 Å². The van der Waals surface area contributed by atoms with Crippen molar-refractivity contribution in [3.05, 3.63) is 33.9 Å². The van der Waals surface area contributed by atoms with Gasteiger partial charge in [-0.05, 0) is 25.1 Å². The number of hydrogen-bond acceptors (Lipinski definition) is 5. The summed E-state index contributed by atoms with van der Waals surface area (Å²) in [5.74, 6) is 0. The molecule has 0 spiro atoms. The van der Waals surface area contributed by atoms with Crippen molar-refractivity contribution < 1.29 is 4.92 Å². The lowest BCUT2D eigenvalue weighted by Crippen LogP contribution is -2.22. The van der Waals surface area contributed by atoms with Gasteiger partial charge in [0.05, 0.1) is 4.92 Å². The summed E-state index contributed by atoms with van der Waals surface area (Å²) in [5, 5.41) is 26.0. The Balaban J connectivity index is 2.21. The van der Waals surface area contributed by atoms with E-state index in [2.05, 4.69) is 10.6 Å². The van der Waals surface area contributed by atoms with Crippen LogP contribution in [0.3, 0.4) is 0 Å². The summed E-state index contributed by atoms with van der Waals surface area (Å²) < 4.78 is 0. The fourth-order valence-corrected chi connectivity index (χ4v) is 1.88. The lowest BCUT2D eigenvalue weighted by atomic mass is 10.1. The van der Waals surface area contributed by atoms with E-state index < -0.39 is 4.92 Å². The van der Waals surface area contributed by atoms with Gasteiger partial charge in [-0.2, -0.15) is 5.26 Å². The minimum atomic E-state index is -0.531. The second-order valence-electron chi connectivity index (χ2n) is 3.93. The maximum Gasteiger partial charge on any atom is 0.289 e. The van der Waals surface area contributed by atoms with Crippen molar-refractivity contribution in [1.82, 2.24) is 5.32 Å². The first-order valence-corrected chi connectivity index (χ1v) is 5.36. The lowest BCUT2D eigenvalue weighted by molar-refractivity contribution is -0.385. The topological polar surface area (TPSA) is 91.0 Å². The van der Waals surface area contributed by atoms with Crippen LogP contribution < -0.4 is 10.6 Å². The quantitative estimate of drug-likeness (QED) is 0.604. The van der Waals surface area contributed by atoms with Crippen LogP contribution in [0.25, 0.3) is 0 Å². The Morgan fingerprint density at radius 1 is 1.59 bits per heavy atom. The third-order valence-corrected chi connectivity index (χ3v) is 2.75. The monoisotopic (exact) mass is 232 g/mol. The van der Waals surface area contributed by atoms with Crippen LogP contribution in [0.2, 0.25) is 0 Å². The van der Waals surface area contributed by atoms with Crippen LogP contribution in [0.1, 0.15) is 12.0 Å². The Kier molecular flexibility index (Phi) is 3.21. The number of nitriles is 1. The van der Waals surface area contributed by atoms with E-state index in [0.717, 1.165) is 19.5 Å². The number of nitrogens with zero attached hydrogens (tertiary/aromatic N) is 2. The highest BCUT2D eigenvalue weighted by Gasteiger charge is 2.17. The van der Waals surface area contributed by atoms with Crippen LogP contribution in [-0.4, -0.2) is 24.1 Å². The summed E-state index contributed by atoms with van der Waals surface area (Å²) in [6.45, 7) is 1.81. The van der Waals surface area contributed by atoms with Crippen molar-refractivity contribution in [2.45, 2.75) is 12.5 Å². The third kappa shape index (κ3) is 2.52. The van der Waals surface area contributed by atoms with Gasteiger partial charge in [-0.25, -0.2) is 0 Å². The maximum atomic E-state index is 10.8. The van der Waals surface area contributed by atoms with E-state index in [-0.39, 0.29) is 11.3 Å². The van der Waals surface area contributed by atoms with Crippen LogP contribution >= 0.6 is 0 Å². The summed E-state index contributed by atoms with van der Waals surface area (Å²) in [6.07, 6.45) is 0.994. The van der Waals surface area contributed by atoms with Crippen LogP contribution in [0.4, 0.5) is 11.4 Å². The van der Waals surface area contributed by atoms with E-state index in [1.807, 2.05) is 6.07 Å². The number of benzene rings is 1. The molecule has 6 heteroatoms. The molecule has 2 N–H and O–H groups in total. The third-order valence-electron chi connectivity index (χ3n) is 2.75. The molecule has 0 bridgehead atoms. The molecule has 0 aromatic heterocycles. The van der Waals surface area contributed by atoms with Crippen molar-refractivity contribution in [3.8, 4) is 6.07 Å². The molecular formula is C11H12N4O2. The zero-order valence-electron chi connectivity index (χ0n) is 9.14. The van der Waals surface area contributed by atoms with E-state index in [9.17, 15) is 10.1 Å². The predicted octanol–water partition coefficient (Wildman–Crippen LogP) is 1.24. The molecule has 0 saturated carbocycles.